The van der Waals surface area contributed by atoms with Crippen LogP contribution in [0.15, 0.2) is 5.70 Å². The molecule has 2 heterocycles. The molecule has 2 nitrogen and oxygen atoms in total. The Morgan fingerprint density at radius 2 is 1.55 bits per heavy atom. The molecule has 0 aliphatic carbocycles. The molecule has 0 aromatic heterocycles. The Balaban J connectivity index is 0. The maximum absolute atomic E-state index is 5.80. The maximum atomic E-state index is 5.80. The van der Waals surface area contributed by atoms with Gasteiger partial charge in [-0.05, 0) is 43.7 Å². The smallest absolute Gasteiger partial charge is 0 e. The summed E-state index contributed by atoms with van der Waals surface area (Å²) < 4.78 is 0. The van der Waals surface area contributed by atoms with Crippen molar-refractivity contribution >= 4 is 0 Å². The van der Waals surface area contributed by atoms with Crippen molar-refractivity contribution in [2.45, 2.75) is 46.6 Å². The van der Waals surface area contributed by atoms with Gasteiger partial charge in [-0.3, -0.25) is 14.1 Å². The van der Waals surface area contributed by atoms with E-state index in [0.29, 0.717) is 17.9 Å². The largest absolute Gasteiger partial charge is 0.557 e. The van der Waals surface area contributed by atoms with Crippen LogP contribution in [0.2, 0.25) is 0 Å². The van der Waals surface area contributed by atoms with Crippen LogP contribution in [0, 0.1) is 51.3 Å². The van der Waals surface area contributed by atoms with Gasteiger partial charge >= 0.3 is 0 Å². The van der Waals surface area contributed by atoms with E-state index in [0.717, 1.165) is 30.6 Å². The number of nitrogens with zero attached hydrogens (tertiary/aromatic N) is 2. The fourth-order valence-electron chi connectivity index (χ4n) is 3.20. The third-order valence-electron chi connectivity index (χ3n) is 4.83. The van der Waals surface area contributed by atoms with Gasteiger partial charge in [-0.15, -0.1) is 6.04 Å². The summed E-state index contributed by atoms with van der Waals surface area (Å²) in [6, 6.07) is 0.444. The Morgan fingerprint density at radius 1 is 1.00 bits per heavy atom. The van der Waals surface area contributed by atoms with Crippen LogP contribution in [0.5, 0.6) is 0 Å². The Labute approximate surface area is 190 Å². The van der Waals surface area contributed by atoms with Crippen molar-refractivity contribution in [1.82, 2.24) is 9.80 Å². The van der Waals surface area contributed by atoms with Gasteiger partial charge in [0.05, 0.1) is 0 Å². The third-order valence-corrected chi connectivity index (χ3v) is 4.83. The molecular weight excluding hydrogens is 422 g/mol. The predicted octanol–water partition coefficient (Wildman–Crippen LogP) is 4.03. The maximum Gasteiger partial charge on any atom is 0 e. The SMILES string of the molecule is [CH-]=C1C(C(C)C)CCN1[CH2-].[CH2-]C1C(C(C)C)CCN1[CH2-].[Y].[Y]. The van der Waals surface area contributed by atoms with Crippen LogP contribution >= 0.6 is 0 Å². The summed E-state index contributed by atoms with van der Waals surface area (Å²) in [6.45, 7) is 21.0. The van der Waals surface area contributed by atoms with Gasteiger partial charge in [-0.1, -0.05) is 33.6 Å². The predicted molar refractivity (Wildman–Crippen MR) is 87.0 cm³/mol. The molecule has 0 aromatic carbocycles. The number of allylic oxidation sites excluding steroid dienone is 1. The van der Waals surface area contributed by atoms with Crippen molar-refractivity contribution in [2.75, 3.05) is 13.1 Å². The first-order chi connectivity index (χ1) is 9.25. The first kappa shape index (κ1) is 25.9. The zero-order valence-corrected chi connectivity index (χ0v) is 20.6. The second-order valence-corrected chi connectivity index (χ2v) is 6.90. The molecule has 0 aromatic rings. The quantitative estimate of drug-likeness (QED) is 0.582. The fourth-order valence-corrected chi connectivity index (χ4v) is 3.20. The molecule has 0 saturated carbocycles. The fraction of sp³-hybridized carbons (Fsp3) is 0.722. The van der Waals surface area contributed by atoms with Crippen molar-refractivity contribution in [3.63, 3.8) is 0 Å². The molecule has 0 bridgehead atoms. The first-order valence-electron chi connectivity index (χ1n) is 7.86. The molecule has 2 fully saturated rings. The zero-order valence-electron chi connectivity index (χ0n) is 15.0. The van der Waals surface area contributed by atoms with Crippen LogP contribution in [-0.2, 0) is 65.4 Å². The van der Waals surface area contributed by atoms with Gasteiger partial charge in [0.1, 0.15) is 0 Å². The molecule has 3 atom stereocenters. The molecule has 0 amide bonds. The van der Waals surface area contributed by atoms with Gasteiger partial charge in [-0.2, -0.15) is 0 Å². The van der Waals surface area contributed by atoms with E-state index < -0.39 is 0 Å². The average Bonchev–Trinajstić information content (AvgIpc) is 2.86. The standard InChI is InChI=1S/C9H17N.C9H15N.2Y/c2*1-7(2)9-5-6-10(4)8(9)3;;/h7-9H,3-6H2,1-2H3;3,7,9H,4-6H2,1-2H3;;/q2*-2;;. The molecule has 3 unspecified atom stereocenters. The van der Waals surface area contributed by atoms with Crippen molar-refractivity contribution < 1.29 is 65.4 Å². The van der Waals surface area contributed by atoms with E-state index in [4.69, 9.17) is 6.58 Å². The Kier molecular flexibility index (Phi) is 14.3. The van der Waals surface area contributed by atoms with Crippen molar-refractivity contribution in [2.24, 2.45) is 23.7 Å². The number of rotatable bonds is 2. The molecule has 4 heteroatoms. The Hall–Kier alpha value is 1.71. The van der Waals surface area contributed by atoms with Gasteiger partial charge in [0, 0.05) is 65.4 Å². The molecule has 2 radical (unpaired) electrons. The van der Waals surface area contributed by atoms with E-state index in [1.807, 2.05) is 4.90 Å². The van der Waals surface area contributed by atoms with Crippen LogP contribution in [-0.4, -0.2) is 28.9 Å². The topological polar surface area (TPSA) is 6.48 Å². The normalized spacial score (nSPS) is 28.3. The summed E-state index contributed by atoms with van der Waals surface area (Å²) in [5.74, 6) is 2.75. The van der Waals surface area contributed by atoms with Crippen molar-refractivity contribution in [3.05, 3.63) is 33.3 Å². The van der Waals surface area contributed by atoms with Gasteiger partial charge in [0.25, 0.3) is 0 Å². The van der Waals surface area contributed by atoms with E-state index in [9.17, 15) is 0 Å². The Morgan fingerprint density at radius 3 is 1.73 bits per heavy atom. The van der Waals surface area contributed by atoms with E-state index >= 15 is 0 Å². The molecule has 0 spiro atoms. The summed E-state index contributed by atoms with van der Waals surface area (Å²) in [4.78, 5) is 4.01. The molecular formula is C18H32N2Y2-4. The molecule has 2 aliphatic heterocycles. The number of hydrogen-bond acceptors (Lipinski definition) is 2. The monoisotopic (exact) mass is 454 g/mol. The number of hydrogen-bond donors (Lipinski definition) is 0. The minimum Gasteiger partial charge on any atom is -0.557 e. The van der Waals surface area contributed by atoms with Crippen LogP contribution in [0.1, 0.15) is 40.5 Å². The van der Waals surface area contributed by atoms with Gasteiger partial charge in [-0.25, -0.2) is 5.70 Å². The Bertz CT molecular complexity index is 318. The van der Waals surface area contributed by atoms with E-state index in [1.54, 1.807) is 0 Å². The van der Waals surface area contributed by atoms with E-state index in [2.05, 4.69) is 53.6 Å². The van der Waals surface area contributed by atoms with Crippen LogP contribution in [0.3, 0.4) is 0 Å². The van der Waals surface area contributed by atoms with Crippen LogP contribution in [0.25, 0.3) is 0 Å². The van der Waals surface area contributed by atoms with E-state index in [1.165, 1.54) is 12.8 Å². The second-order valence-electron chi connectivity index (χ2n) is 6.90. The van der Waals surface area contributed by atoms with E-state index in [-0.39, 0.29) is 65.4 Å². The second kappa shape index (κ2) is 12.1. The van der Waals surface area contributed by atoms with Crippen LogP contribution < -0.4 is 0 Å². The number of likely N-dealkylation sites (tertiary alicyclic amines) is 2. The minimum absolute atomic E-state index is 0. The van der Waals surface area contributed by atoms with Gasteiger partial charge < -0.3 is 23.3 Å². The minimum atomic E-state index is 0. The molecule has 22 heavy (non-hydrogen) atoms. The summed E-state index contributed by atoms with van der Waals surface area (Å²) in [5, 5.41) is 0. The zero-order chi connectivity index (χ0) is 15.4. The first-order valence-corrected chi connectivity index (χ1v) is 7.86. The molecule has 2 aliphatic rings. The summed E-state index contributed by atoms with van der Waals surface area (Å²) in [7, 11) is 7.74. The van der Waals surface area contributed by atoms with Crippen LogP contribution in [0.4, 0.5) is 0 Å². The molecule has 2 rings (SSSR count). The summed E-state index contributed by atoms with van der Waals surface area (Å²) >= 11 is 0. The summed E-state index contributed by atoms with van der Waals surface area (Å²) in [5.41, 5.74) is 0.968. The summed E-state index contributed by atoms with van der Waals surface area (Å²) in [6.07, 6.45) is 2.45. The average molecular weight is 454 g/mol. The van der Waals surface area contributed by atoms with Crippen molar-refractivity contribution in [1.29, 1.82) is 0 Å². The molecule has 2 saturated heterocycles. The molecule has 124 valence electrons. The molecule has 0 N–H and O–H groups in total. The van der Waals surface area contributed by atoms with Gasteiger partial charge in [0.2, 0.25) is 0 Å². The third kappa shape index (κ3) is 7.30. The van der Waals surface area contributed by atoms with Gasteiger partial charge in [0.15, 0.2) is 0 Å². The van der Waals surface area contributed by atoms with Crippen molar-refractivity contribution in [3.8, 4) is 0 Å².